The maximum absolute atomic E-state index is 10.7. The van der Waals surface area contributed by atoms with Gasteiger partial charge in [0.2, 0.25) is 0 Å². The minimum atomic E-state index is -0.796. The number of fused-ring (bicyclic) bond motifs is 1. The zero-order valence-corrected chi connectivity index (χ0v) is 13.1. The van der Waals surface area contributed by atoms with Gasteiger partial charge in [0, 0.05) is 12.0 Å². The number of thiazole rings is 1. The Kier molecular flexibility index (Phi) is 4.44. The molecule has 0 unspecified atom stereocenters. The van der Waals surface area contributed by atoms with Gasteiger partial charge in [-0.2, -0.15) is 0 Å². The number of carboxylic acid groups (broad SMARTS) is 1. The topological polar surface area (TPSA) is 88.0 Å². The highest BCUT2D eigenvalue weighted by atomic mass is 32.2. The van der Waals surface area contributed by atoms with Crippen LogP contribution in [-0.4, -0.2) is 37.8 Å². The highest BCUT2D eigenvalue weighted by Gasteiger charge is 2.21. The van der Waals surface area contributed by atoms with Gasteiger partial charge in [0.05, 0.1) is 0 Å². The first kappa shape index (κ1) is 15.0. The van der Waals surface area contributed by atoms with Gasteiger partial charge in [-0.25, -0.2) is 15.0 Å². The number of aliphatic carboxylic acids is 1. The molecule has 0 aromatic carbocycles. The van der Waals surface area contributed by atoms with Gasteiger partial charge in [0.15, 0.2) is 9.99 Å². The predicted molar refractivity (Wildman–Crippen MR) is 81.6 cm³/mol. The van der Waals surface area contributed by atoms with Gasteiger partial charge in [0.1, 0.15) is 16.8 Å². The van der Waals surface area contributed by atoms with Crippen molar-refractivity contribution < 1.29 is 9.90 Å². The molecule has 0 atom stereocenters. The van der Waals surface area contributed by atoms with Crippen LogP contribution in [-0.2, 0) is 4.79 Å². The Labute approximate surface area is 125 Å². The van der Waals surface area contributed by atoms with Crippen LogP contribution in [0.2, 0.25) is 0 Å². The van der Waals surface area contributed by atoms with Crippen LogP contribution in [0.1, 0.15) is 26.7 Å². The first-order valence-electron chi connectivity index (χ1n) is 6.07. The van der Waals surface area contributed by atoms with E-state index in [1.165, 1.54) is 17.7 Å². The van der Waals surface area contributed by atoms with E-state index >= 15 is 0 Å². The van der Waals surface area contributed by atoms with E-state index in [2.05, 4.69) is 20.3 Å². The van der Waals surface area contributed by atoms with Gasteiger partial charge in [-0.05, 0) is 26.5 Å². The Morgan fingerprint density at radius 2 is 2.25 bits per heavy atom. The fourth-order valence-corrected chi connectivity index (χ4v) is 3.17. The molecule has 2 rings (SSSR count). The number of nitrogens with zero attached hydrogens (tertiary/aromatic N) is 3. The Bertz CT molecular complexity index is 627. The van der Waals surface area contributed by atoms with E-state index in [0.717, 1.165) is 9.04 Å². The van der Waals surface area contributed by atoms with E-state index in [-0.39, 0.29) is 12.0 Å². The smallest absolute Gasteiger partial charge is 0.303 e. The average Bonchev–Trinajstić information content (AvgIpc) is 2.80. The first-order valence-corrected chi connectivity index (χ1v) is 8.11. The Hall–Kier alpha value is -1.41. The largest absolute Gasteiger partial charge is 0.481 e. The molecule has 2 N–H and O–H groups in total. The molecule has 0 amide bonds. The highest BCUT2D eigenvalue weighted by molar-refractivity contribution is 8.00. The van der Waals surface area contributed by atoms with Gasteiger partial charge in [-0.3, -0.25) is 4.79 Å². The molecule has 0 fully saturated rings. The number of nitrogens with one attached hydrogen (secondary N) is 1. The van der Waals surface area contributed by atoms with E-state index in [1.54, 1.807) is 11.8 Å². The molecule has 2 aromatic rings. The van der Waals surface area contributed by atoms with Crippen LogP contribution >= 0.6 is 23.1 Å². The van der Waals surface area contributed by atoms with Crippen molar-refractivity contribution in [3.05, 3.63) is 6.33 Å². The minimum absolute atomic E-state index is 0.118. The van der Waals surface area contributed by atoms with Crippen molar-refractivity contribution >= 4 is 45.2 Å². The summed E-state index contributed by atoms with van der Waals surface area (Å²) in [6, 6.07) is 0. The lowest BCUT2D eigenvalue weighted by Gasteiger charge is -2.26. The summed E-state index contributed by atoms with van der Waals surface area (Å²) in [6.07, 6.45) is 4.08. The van der Waals surface area contributed by atoms with Crippen LogP contribution in [0, 0.1) is 0 Å². The molecule has 20 heavy (non-hydrogen) atoms. The van der Waals surface area contributed by atoms with Crippen LogP contribution in [0.3, 0.4) is 0 Å². The van der Waals surface area contributed by atoms with Gasteiger partial charge in [-0.15, -0.1) is 11.3 Å². The summed E-state index contributed by atoms with van der Waals surface area (Å²) in [6.45, 7) is 3.92. The van der Waals surface area contributed by atoms with E-state index < -0.39 is 5.97 Å². The van der Waals surface area contributed by atoms with E-state index in [1.807, 2.05) is 20.1 Å². The zero-order valence-electron chi connectivity index (χ0n) is 11.5. The van der Waals surface area contributed by atoms with Crippen molar-refractivity contribution in [2.24, 2.45) is 0 Å². The molecule has 6 nitrogen and oxygen atoms in total. The van der Waals surface area contributed by atoms with Crippen molar-refractivity contribution in [2.75, 3.05) is 11.6 Å². The molecule has 0 saturated heterocycles. The zero-order chi connectivity index (χ0) is 14.8. The van der Waals surface area contributed by atoms with Gasteiger partial charge < -0.3 is 10.4 Å². The average molecular weight is 312 g/mol. The Morgan fingerprint density at radius 3 is 2.90 bits per heavy atom. The first-order chi connectivity index (χ1) is 9.41. The second-order valence-electron chi connectivity index (χ2n) is 4.96. The molecule has 2 aromatic heterocycles. The van der Waals surface area contributed by atoms with Crippen LogP contribution < -0.4 is 5.32 Å². The lowest BCUT2D eigenvalue weighted by Crippen LogP contribution is -2.32. The fraction of sp³-hybridized carbons (Fsp3) is 0.500. The third kappa shape index (κ3) is 3.57. The maximum atomic E-state index is 10.7. The SMILES string of the molecule is CSc1nc2ncnc(NC(C)(C)CCC(=O)O)c2s1. The monoisotopic (exact) mass is 312 g/mol. The molecular formula is C12H16N4O2S2. The second kappa shape index (κ2) is 5.92. The van der Waals surface area contributed by atoms with Crippen LogP contribution in [0.4, 0.5) is 5.82 Å². The number of carbonyl (C=O) groups is 1. The number of rotatable bonds is 6. The van der Waals surface area contributed by atoms with Gasteiger partial charge >= 0.3 is 5.97 Å². The lowest BCUT2D eigenvalue weighted by molar-refractivity contribution is -0.137. The van der Waals surface area contributed by atoms with Crippen LogP contribution in [0.25, 0.3) is 10.3 Å². The quantitative estimate of drug-likeness (QED) is 0.793. The molecule has 2 heterocycles. The van der Waals surface area contributed by atoms with Crippen molar-refractivity contribution in [1.82, 2.24) is 15.0 Å². The van der Waals surface area contributed by atoms with Crippen molar-refractivity contribution in [1.29, 1.82) is 0 Å². The summed E-state index contributed by atoms with van der Waals surface area (Å²) >= 11 is 3.11. The molecule has 108 valence electrons. The number of hydrogen-bond acceptors (Lipinski definition) is 7. The molecule has 0 aliphatic rings. The van der Waals surface area contributed by atoms with Crippen LogP contribution in [0.5, 0.6) is 0 Å². The molecule has 0 aliphatic heterocycles. The molecule has 0 radical (unpaired) electrons. The number of anilines is 1. The van der Waals surface area contributed by atoms with E-state index in [9.17, 15) is 4.79 Å². The summed E-state index contributed by atoms with van der Waals surface area (Å²) in [5, 5.41) is 12.1. The van der Waals surface area contributed by atoms with E-state index in [0.29, 0.717) is 17.9 Å². The summed E-state index contributed by atoms with van der Waals surface area (Å²) < 4.78 is 1.84. The Morgan fingerprint density at radius 1 is 1.50 bits per heavy atom. The molecular weight excluding hydrogens is 296 g/mol. The molecule has 8 heteroatoms. The Balaban J connectivity index is 2.24. The molecule has 0 saturated carbocycles. The molecule has 0 bridgehead atoms. The summed E-state index contributed by atoms with van der Waals surface area (Å²) in [5.74, 6) is -0.0849. The maximum Gasteiger partial charge on any atom is 0.303 e. The molecule has 0 aliphatic carbocycles. The van der Waals surface area contributed by atoms with Crippen LogP contribution in [0.15, 0.2) is 10.7 Å². The highest BCUT2D eigenvalue weighted by Crippen LogP contribution is 2.32. The summed E-state index contributed by atoms with van der Waals surface area (Å²) in [5.41, 5.74) is 0.314. The third-order valence-electron chi connectivity index (χ3n) is 2.77. The van der Waals surface area contributed by atoms with Crippen molar-refractivity contribution in [3.63, 3.8) is 0 Å². The second-order valence-corrected chi connectivity index (χ2v) is 7.01. The van der Waals surface area contributed by atoms with Gasteiger partial charge in [0.25, 0.3) is 0 Å². The molecule has 0 spiro atoms. The normalized spacial score (nSPS) is 11.8. The number of hydrogen-bond donors (Lipinski definition) is 2. The predicted octanol–water partition coefficient (Wildman–Crippen LogP) is 2.86. The fourth-order valence-electron chi connectivity index (χ4n) is 1.71. The van der Waals surface area contributed by atoms with E-state index in [4.69, 9.17) is 5.11 Å². The standard InChI is InChI=1S/C12H16N4O2S2/c1-12(2,5-4-7(17)18)16-10-8-9(13-6-14-10)15-11(19-3)20-8/h6H,4-5H2,1-3H3,(H,17,18)(H,13,14,16). The summed E-state index contributed by atoms with van der Waals surface area (Å²) in [4.78, 5) is 23.5. The number of aromatic nitrogens is 3. The van der Waals surface area contributed by atoms with Gasteiger partial charge in [-0.1, -0.05) is 11.8 Å². The number of carboxylic acids is 1. The third-order valence-corrected chi connectivity index (χ3v) is 4.80. The van der Waals surface area contributed by atoms with Crippen molar-refractivity contribution in [2.45, 2.75) is 36.6 Å². The van der Waals surface area contributed by atoms with Crippen molar-refractivity contribution in [3.8, 4) is 0 Å². The lowest BCUT2D eigenvalue weighted by atomic mass is 9.98. The number of thioether (sulfide) groups is 1. The minimum Gasteiger partial charge on any atom is -0.481 e. The summed E-state index contributed by atoms with van der Waals surface area (Å²) in [7, 11) is 0.